The predicted molar refractivity (Wildman–Crippen MR) is 132 cm³/mol. The van der Waals surface area contributed by atoms with Crippen molar-refractivity contribution in [3.05, 3.63) is 47.9 Å². The van der Waals surface area contributed by atoms with Crippen LogP contribution in [0, 0.1) is 17.3 Å². The van der Waals surface area contributed by atoms with Gasteiger partial charge in [-0.1, -0.05) is 42.9 Å². The lowest BCUT2D eigenvalue weighted by Crippen LogP contribution is -2.40. The number of carbonyl (C=O) groups is 1. The van der Waals surface area contributed by atoms with E-state index in [1.807, 2.05) is 24.4 Å². The van der Waals surface area contributed by atoms with E-state index in [9.17, 15) is 4.79 Å². The molecule has 2 aromatic rings. The summed E-state index contributed by atoms with van der Waals surface area (Å²) in [5.41, 5.74) is 1.83. The Morgan fingerprint density at radius 2 is 2.09 bits per heavy atom. The van der Waals surface area contributed by atoms with E-state index >= 15 is 0 Å². The maximum atomic E-state index is 11.8. The van der Waals surface area contributed by atoms with Gasteiger partial charge in [0.1, 0.15) is 10.8 Å². The van der Waals surface area contributed by atoms with E-state index in [-0.39, 0.29) is 0 Å². The van der Waals surface area contributed by atoms with Crippen LogP contribution in [0.25, 0.3) is 0 Å². The van der Waals surface area contributed by atoms with Crippen molar-refractivity contribution in [2.75, 3.05) is 36.1 Å². The molecule has 1 aliphatic carbocycles. The van der Waals surface area contributed by atoms with Gasteiger partial charge in [0, 0.05) is 36.2 Å². The summed E-state index contributed by atoms with van der Waals surface area (Å²) in [4.78, 5) is 25.9. The minimum absolute atomic E-state index is 0.340. The number of piperidine rings is 1. The number of aromatic nitrogens is 2. The summed E-state index contributed by atoms with van der Waals surface area (Å²) >= 11 is 8.17. The highest BCUT2D eigenvalue weighted by atomic mass is 35.5. The molecule has 0 radical (unpaired) electrons. The molecule has 174 valence electrons. The summed E-state index contributed by atoms with van der Waals surface area (Å²) in [6.07, 6.45) is 8.97. The molecule has 3 fully saturated rings. The minimum atomic E-state index is 0.340. The van der Waals surface area contributed by atoms with E-state index in [0.717, 1.165) is 73.4 Å². The third kappa shape index (κ3) is 4.63. The van der Waals surface area contributed by atoms with Crippen LogP contribution in [0.1, 0.15) is 32.6 Å². The van der Waals surface area contributed by atoms with Crippen LogP contribution in [0.2, 0.25) is 5.02 Å². The maximum absolute atomic E-state index is 11.8. The fourth-order valence-electron chi connectivity index (χ4n) is 4.90. The first-order valence-corrected chi connectivity index (χ1v) is 12.7. The monoisotopic (exact) mass is 484 g/mol. The second-order valence-corrected chi connectivity index (χ2v) is 10.9. The lowest BCUT2D eigenvalue weighted by atomic mass is 9.78. The Kier molecular flexibility index (Phi) is 6.38. The van der Waals surface area contributed by atoms with Gasteiger partial charge in [0.05, 0.1) is 29.7 Å². The standard InChI is InChI=1S/C25H29ClN4O2S/c1-17-12-19(17)18(2)30(16-31)20-4-3-5-21(24(20)26)33-23-14-27-22(13-28-23)29-9-6-25(7-10-29)8-11-32-15-25/h3-5,13-14,16-17,19H,2,6-12,15H2,1H3. The van der Waals surface area contributed by atoms with Gasteiger partial charge in [0.2, 0.25) is 6.41 Å². The summed E-state index contributed by atoms with van der Waals surface area (Å²) in [7, 11) is 0. The van der Waals surface area contributed by atoms with Crippen LogP contribution in [0.15, 0.2) is 52.8 Å². The zero-order chi connectivity index (χ0) is 23.0. The number of hydrogen-bond donors (Lipinski definition) is 0. The first-order chi connectivity index (χ1) is 16.0. The van der Waals surface area contributed by atoms with Gasteiger partial charge >= 0.3 is 0 Å². The first-order valence-electron chi connectivity index (χ1n) is 11.5. The van der Waals surface area contributed by atoms with Gasteiger partial charge in [-0.15, -0.1) is 0 Å². The van der Waals surface area contributed by atoms with Crippen LogP contribution >= 0.6 is 23.4 Å². The lowest BCUT2D eigenvalue weighted by molar-refractivity contribution is -0.107. The van der Waals surface area contributed by atoms with Crippen molar-refractivity contribution in [3.63, 3.8) is 0 Å². The third-order valence-electron chi connectivity index (χ3n) is 7.32. The fourth-order valence-corrected chi connectivity index (χ4v) is 6.01. The van der Waals surface area contributed by atoms with E-state index in [4.69, 9.17) is 16.3 Å². The normalized spacial score (nSPS) is 23.5. The van der Waals surface area contributed by atoms with E-state index in [1.165, 1.54) is 18.2 Å². The Labute approximate surface area is 204 Å². The van der Waals surface area contributed by atoms with Crippen molar-refractivity contribution in [1.29, 1.82) is 0 Å². The van der Waals surface area contributed by atoms with Gasteiger partial charge in [-0.25, -0.2) is 9.97 Å². The number of rotatable bonds is 7. The van der Waals surface area contributed by atoms with Gasteiger partial charge in [-0.2, -0.15) is 0 Å². The van der Waals surface area contributed by atoms with Crippen LogP contribution in [0.5, 0.6) is 0 Å². The highest BCUT2D eigenvalue weighted by molar-refractivity contribution is 7.99. The SMILES string of the molecule is C=C(C1CC1C)N(C=O)c1cccc(Sc2cnc(N3CCC4(CCOC4)CC3)cn2)c1Cl. The van der Waals surface area contributed by atoms with Gasteiger partial charge in [-0.3, -0.25) is 9.69 Å². The largest absolute Gasteiger partial charge is 0.381 e. The number of amides is 1. The van der Waals surface area contributed by atoms with Crippen molar-refractivity contribution in [1.82, 2.24) is 9.97 Å². The molecule has 2 aliphatic heterocycles. The molecule has 8 heteroatoms. The van der Waals surface area contributed by atoms with E-state index in [2.05, 4.69) is 28.4 Å². The number of allylic oxidation sites excluding steroid dienone is 1. The number of anilines is 2. The number of carbonyl (C=O) groups excluding carboxylic acids is 1. The highest BCUT2D eigenvalue weighted by Gasteiger charge is 2.39. The molecule has 33 heavy (non-hydrogen) atoms. The van der Waals surface area contributed by atoms with E-state index < -0.39 is 0 Å². The zero-order valence-electron chi connectivity index (χ0n) is 18.9. The van der Waals surface area contributed by atoms with Crippen LogP contribution in [-0.2, 0) is 9.53 Å². The first kappa shape index (κ1) is 22.7. The molecule has 0 bridgehead atoms. The number of ether oxygens (including phenoxy) is 1. The van der Waals surface area contributed by atoms with Crippen molar-refractivity contribution in [2.24, 2.45) is 17.3 Å². The Hall–Kier alpha value is -2.09. The summed E-state index contributed by atoms with van der Waals surface area (Å²) in [6.45, 7) is 10.1. The second kappa shape index (κ2) is 9.28. The fraction of sp³-hybridized carbons (Fsp3) is 0.480. The molecule has 2 saturated heterocycles. The van der Waals surface area contributed by atoms with Crippen LogP contribution in [-0.4, -0.2) is 42.7 Å². The van der Waals surface area contributed by atoms with Gasteiger partial charge in [0.25, 0.3) is 0 Å². The molecular formula is C25H29ClN4O2S. The molecule has 3 heterocycles. The average molecular weight is 485 g/mol. The predicted octanol–water partition coefficient (Wildman–Crippen LogP) is 5.42. The number of hydrogen-bond acceptors (Lipinski definition) is 6. The number of halogens is 1. The molecule has 0 N–H and O–H groups in total. The molecule has 6 nitrogen and oxygen atoms in total. The quantitative estimate of drug-likeness (QED) is 0.489. The Bertz CT molecular complexity index is 1030. The van der Waals surface area contributed by atoms with Gasteiger partial charge in [-0.05, 0) is 49.1 Å². The smallest absolute Gasteiger partial charge is 0.218 e. The van der Waals surface area contributed by atoms with Gasteiger partial charge < -0.3 is 9.64 Å². The van der Waals surface area contributed by atoms with Crippen molar-refractivity contribution >= 4 is 41.3 Å². The van der Waals surface area contributed by atoms with Crippen molar-refractivity contribution < 1.29 is 9.53 Å². The maximum Gasteiger partial charge on any atom is 0.218 e. The molecule has 1 amide bonds. The Balaban J connectivity index is 1.26. The number of benzene rings is 1. The van der Waals surface area contributed by atoms with Crippen LogP contribution in [0.3, 0.4) is 0 Å². The third-order valence-corrected chi connectivity index (χ3v) is 8.81. The summed E-state index contributed by atoms with van der Waals surface area (Å²) in [5.74, 6) is 1.81. The average Bonchev–Trinajstić information content (AvgIpc) is 3.40. The van der Waals surface area contributed by atoms with Crippen molar-refractivity contribution in [3.8, 4) is 0 Å². The minimum Gasteiger partial charge on any atom is -0.381 e. The van der Waals surface area contributed by atoms with Crippen LogP contribution < -0.4 is 9.80 Å². The molecule has 1 saturated carbocycles. The summed E-state index contributed by atoms with van der Waals surface area (Å²) < 4.78 is 5.64. The van der Waals surface area contributed by atoms with E-state index in [1.54, 1.807) is 11.1 Å². The second-order valence-electron chi connectivity index (χ2n) is 9.48. The van der Waals surface area contributed by atoms with Gasteiger partial charge in [0.15, 0.2) is 0 Å². The Morgan fingerprint density at radius 1 is 1.30 bits per heavy atom. The molecule has 5 rings (SSSR count). The molecule has 1 aromatic carbocycles. The lowest BCUT2D eigenvalue weighted by Gasteiger charge is -2.38. The molecular weight excluding hydrogens is 456 g/mol. The van der Waals surface area contributed by atoms with E-state index in [0.29, 0.717) is 28.0 Å². The molecule has 2 atom stereocenters. The summed E-state index contributed by atoms with van der Waals surface area (Å²) in [5, 5.41) is 1.29. The van der Waals surface area contributed by atoms with Crippen molar-refractivity contribution in [2.45, 2.75) is 42.5 Å². The highest BCUT2D eigenvalue weighted by Crippen LogP contribution is 2.47. The van der Waals surface area contributed by atoms with Crippen LogP contribution in [0.4, 0.5) is 11.5 Å². The Morgan fingerprint density at radius 3 is 2.70 bits per heavy atom. The topological polar surface area (TPSA) is 58.6 Å². The molecule has 1 spiro atoms. The zero-order valence-corrected chi connectivity index (χ0v) is 20.4. The molecule has 3 aliphatic rings. The summed E-state index contributed by atoms with van der Waals surface area (Å²) in [6, 6.07) is 5.69. The number of nitrogens with zero attached hydrogens (tertiary/aromatic N) is 4. The molecule has 2 unspecified atom stereocenters. The molecule has 1 aromatic heterocycles.